The van der Waals surface area contributed by atoms with Gasteiger partial charge in [-0.15, -0.1) is 0 Å². The Bertz CT molecular complexity index is 647. The molecule has 0 radical (unpaired) electrons. The first-order chi connectivity index (χ1) is 9.95. The Morgan fingerprint density at radius 3 is 2.48 bits per heavy atom. The average Bonchev–Trinajstić information content (AvgIpc) is 2.41. The van der Waals surface area contributed by atoms with Gasteiger partial charge in [-0.2, -0.15) is 0 Å². The quantitative estimate of drug-likeness (QED) is 0.906. The Morgan fingerprint density at radius 2 is 1.81 bits per heavy atom. The van der Waals surface area contributed by atoms with Crippen LogP contribution in [0, 0.1) is 13.8 Å². The minimum absolute atomic E-state index is 0.107. The van der Waals surface area contributed by atoms with Gasteiger partial charge in [-0.1, -0.05) is 12.1 Å². The summed E-state index contributed by atoms with van der Waals surface area (Å²) in [5.41, 5.74) is 3.68. The molecule has 1 N–H and O–H groups in total. The molecule has 0 spiro atoms. The largest absolute Gasteiger partial charge is 0.491 e. The van der Waals surface area contributed by atoms with Crippen LogP contribution in [0.4, 0.5) is 5.69 Å². The summed E-state index contributed by atoms with van der Waals surface area (Å²) < 4.78 is 5.63. The molecule has 0 aliphatic heterocycles. The maximum absolute atomic E-state index is 12.3. The van der Waals surface area contributed by atoms with Crippen LogP contribution in [0.15, 0.2) is 42.5 Å². The molecule has 0 bridgehead atoms. The molecule has 21 heavy (non-hydrogen) atoms. The van der Waals surface area contributed by atoms with Gasteiger partial charge in [0.2, 0.25) is 0 Å². The van der Waals surface area contributed by atoms with E-state index in [-0.39, 0.29) is 12.0 Å². The van der Waals surface area contributed by atoms with E-state index in [0.29, 0.717) is 5.56 Å². The number of carbonyl (C=O) groups excluding carboxylic acids is 1. The van der Waals surface area contributed by atoms with E-state index in [1.165, 1.54) is 5.56 Å². The lowest BCUT2D eigenvalue weighted by molar-refractivity contribution is 0.102. The van der Waals surface area contributed by atoms with Crippen molar-refractivity contribution < 1.29 is 9.53 Å². The van der Waals surface area contributed by atoms with Crippen molar-refractivity contribution in [2.75, 3.05) is 5.32 Å². The molecule has 0 aliphatic rings. The molecule has 110 valence electrons. The van der Waals surface area contributed by atoms with Crippen LogP contribution in [0.3, 0.4) is 0 Å². The number of hydrogen-bond acceptors (Lipinski definition) is 2. The summed E-state index contributed by atoms with van der Waals surface area (Å²) in [6.07, 6.45) is 0.107. The van der Waals surface area contributed by atoms with Crippen molar-refractivity contribution in [2.24, 2.45) is 0 Å². The van der Waals surface area contributed by atoms with Crippen LogP contribution in [-0.2, 0) is 0 Å². The van der Waals surface area contributed by atoms with E-state index in [1.54, 1.807) is 0 Å². The summed E-state index contributed by atoms with van der Waals surface area (Å²) >= 11 is 0. The topological polar surface area (TPSA) is 38.3 Å². The normalized spacial score (nSPS) is 10.5. The van der Waals surface area contributed by atoms with Crippen molar-refractivity contribution in [2.45, 2.75) is 33.8 Å². The standard InChI is InChI=1S/C18H21NO2/c1-12(2)21-17-7-5-6-16(11-17)19-18(20)15-9-8-13(3)14(4)10-15/h5-12H,1-4H3,(H,19,20). The minimum Gasteiger partial charge on any atom is -0.491 e. The van der Waals surface area contributed by atoms with E-state index in [0.717, 1.165) is 17.0 Å². The van der Waals surface area contributed by atoms with Gasteiger partial charge in [-0.25, -0.2) is 0 Å². The highest BCUT2D eigenvalue weighted by molar-refractivity contribution is 6.04. The lowest BCUT2D eigenvalue weighted by Gasteiger charge is -2.12. The summed E-state index contributed by atoms with van der Waals surface area (Å²) in [6.45, 7) is 7.98. The highest BCUT2D eigenvalue weighted by atomic mass is 16.5. The number of hydrogen-bond donors (Lipinski definition) is 1. The smallest absolute Gasteiger partial charge is 0.255 e. The van der Waals surface area contributed by atoms with Gasteiger partial charge < -0.3 is 10.1 Å². The Kier molecular flexibility index (Phi) is 4.63. The van der Waals surface area contributed by atoms with E-state index in [1.807, 2.05) is 70.2 Å². The van der Waals surface area contributed by atoms with E-state index >= 15 is 0 Å². The molecule has 2 aromatic carbocycles. The third-order valence-corrected chi connectivity index (χ3v) is 3.23. The summed E-state index contributed by atoms with van der Waals surface area (Å²) in [6, 6.07) is 13.1. The van der Waals surface area contributed by atoms with E-state index in [2.05, 4.69) is 5.32 Å². The van der Waals surface area contributed by atoms with Crippen molar-refractivity contribution in [1.82, 2.24) is 0 Å². The predicted molar refractivity (Wildman–Crippen MR) is 86.1 cm³/mol. The van der Waals surface area contributed by atoms with Gasteiger partial charge in [0, 0.05) is 17.3 Å². The third kappa shape index (κ3) is 4.09. The van der Waals surface area contributed by atoms with Crippen LogP contribution in [0.5, 0.6) is 5.75 Å². The molecule has 2 aromatic rings. The second-order valence-electron chi connectivity index (χ2n) is 5.45. The summed E-state index contributed by atoms with van der Waals surface area (Å²) in [7, 11) is 0. The van der Waals surface area contributed by atoms with Crippen molar-refractivity contribution in [3.8, 4) is 5.75 Å². The van der Waals surface area contributed by atoms with Gasteiger partial charge in [-0.3, -0.25) is 4.79 Å². The van der Waals surface area contributed by atoms with Gasteiger partial charge >= 0.3 is 0 Å². The van der Waals surface area contributed by atoms with Crippen LogP contribution in [0.1, 0.15) is 35.3 Å². The average molecular weight is 283 g/mol. The Balaban J connectivity index is 2.13. The predicted octanol–water partition coefficient (Wildman–Crippen LogP) is 4.34. The number of ether oxygens (including phenoxy) is 1. The van der Waals surface area contributed by atoms with Crippen molar-refractivity contribution in [3.63, 3.8) is 0 Å². The molecule has 1 amide bonds. The second kappa shape index (κ2) is 6.44. The molecule has 0 atom stereocenters. The molecule has 0 unspecified atom stereocenters. The van der Waals surface area contributed by atoms with E-state index in [9.17, 15) is 4.79 Å². The molecule has 0 saturated carbocycles. The summed E-state index contributed by atoms with van der Waals surface area (Å²) in [5.74, 6) is 0.641. The molecule has 0 aromatic heterocycles. The maximum atomic E-state index is 12.3. The number of amides is 1. The molecule has 0 saturated heterocycles. The summed E-state index contributed by atoms with van der Waals surface area (Å²) in [5, 5.41) is 2.90. The first kappa shape index (κ1) is 15.1. The fourth-order valence-corrected chi connectivity index (χ4v) is 2.01. The number of aryl methyl sites for hydroxylation is 2. The maximum Gasteiger partial charge on any atom is 0.255 e. The van der Waals surface area contributed by atoms with Gasteiger partial charge in [0.25, 0.3) is 5.91 Å². The first-order valence-corrected chi connectivity index (χ1v) is 7.11. The fourth-order valence-electron chi connectivity index (χ4n) is 2.01. The third-order valence-electron chi connectivity index (χ3n) is 3.23. The Labute approximate surface area is 126 Å². The Hall–Kier alpha value is -2.29. The van der Waals surface area contributed by atoms with Crippen LogP contribution in [0.2, 0.25) is 0 Å². The Morgan fingerprint density at radius 1 is 1.05 bits per heavy atom. The van der Waals surface area contributed by atoms with Crippen LogP contribution >= 0.6 is 0 Å². The molecular weight excluding hydrogens is 262 g/mol. The first-order valence-electron chi connectivity index (χ1n) is 7.11. The van der Waals surface area contributed by atoms with Crippen LogP contribution < -0.4 is 10.1 Å². The molecule has 0 heterocycles. The second-order valence-corrected chi connectivity index (χ2v) is 5.45. The lowest BCUT2D eigenvalue weighted by Crippen LogP contribution is -2.12. The SMILES string of the molecule is Cc1ccc(C(=O)Nc2cccc(OC(C)C)c2)cc1C. The van der Waals surface area contributed by atoms with Crippen LogP contribution in [0.25, 0.3) is 0 Å². The number of benzene rings is 2. The zero-order chi connectivity index (χ0) is 15.4. The number of nitrogens with one attached hydrogen (secondary N) is 1. The van der Waals surface area contributed by atoms with Crippen molar-refractivity contribution >= 4 is 11.6 Å². The van der Waals surface area contributed by atoms with Gasteiger partial charge in [-0.05, 0) is 63.1 Å². The molecule has 0 aliphatic carbocycles. The highest BCUT2D eigenvalue weighted by Crippen LogP contribution is 2.19. The van der Waals surface area contributed by atoms with E-state index < -0.39 is 0 Å². The number of anilines is 1. The molecule has 2 rings (SSSR count). The zero-order valence-electron chi connectivity index (χ0n) is 12.9. The van der Waals surface area contributed by atoms with Crippen LogP contribution in [-0.4, -0.2) is 12.0 Å². The van der Waals surface area contributed by atoms with Gasteiger partial charge in [0.15, 0.2) is 0 Å². The number of rotatable bonds is 4. The molecular formula is C18H21NO2. The minimum atomic E-state index is -0.111. The summed E-state index contributed by atoms with van der Waals surface area (Å²) in [4.78, 5) is 12.3. The van der Waals surface area contributed by atoms with Crippen molar-refractivity contribution in [1.29, 1.82) is 0 Å². The van der Waals surface area contributed by atoms with Gasteiger partial charge in [0.05, 0.1) is 6.10 Å². The molecule has 3 nitrogen and oxygen atoms in total. The fraction of sp³-hybridized carbons (Fsp3) is 0.278. The molecule has 0 fully saturated rings. The van der Waals surface area contributed by atoms with E-state index in [4.69, 9.17) is 4.74 Å². The van der Waals surface area contributed by atoms with Crippen molar-refractivity contribution in [3.05, 3.63) is 59.2 Å². The monoisotopic (exact) mass is 283 g/mol. The lowest BCUT2D eigenvalue weighted by atomic mass is 10.1. The van der Waals surface area contributed by atoms with Gasteiger partial charge in [0.1, 0.15) is 5.75 Å². The number of carbonyl (C=O) groups is 1. The highest BCUT2D eigenvalue weighted by Gasteiger charge is 2.08. The zero-order valence-corrected chi connectivity index (χ0v) is 12.9. The molecule has 3 heteroatoms.